The van der Waals surface area contributed by atoms with E-state index in [1.807, 2.05) is 43.3 Å². The van der Waals surface area contributed by atoms with E-state index in [0.29, 0.717) is 27.8 Å². The van der Waals surface area contributed by atoms with Gasteiger partial charge < -0.3 is 14.6 Å². The Balaban J connectivity index is 1.71. The number of aliphatic hydroxyl groups excluding tert-OH is 1. The van der Waals surface area contributed by atoms with Crippen molar-refractivity contribution in [2.75, 3.05) is 19.1 Å². The maximum absolute atomic E-state index is 13.5. The number of benzene rings is 3. The number of carbonyl (C=O) groups is 2. The van der Waals surface area contributed by atoms with Crippen LogP contribution in [-0.4, -0.2) is 36.0 Å². The first-order valence-electron chi connectivity index (χ1n) is 11.1. The predicted molar refractivity (Wildman–Crippen MR) is 134 cm³/mol. The zero-order valence-electron chi connectivity index (χ0n) is 19.5. The van der Waals surface area contributed by atoms with Gasteiger partial charge in [-0.2, -0.15) is 0 Å². The molecule has 8 heteroatoms. The number of hydrogen-bond donors (Lipinski definition) is 1. The van der Waals surface area contributed by atoms with Crippen LogP contribution in [0, 0.1) is 12.8 Å². The topological polar surface area (TPSA) is 89.0 Å². The highest BCUT2D eigenvalue weighted by atomic mass is 32.1. The Kier molecular flexibility index (Phi) is 6.00. The fourth-order valence-corrected chi connectivity index (χ4v) is 5.55. The third kappa shape index (κ3) is 3.94. The molecule has 4 aromatic rings. The van der Waals surface area contributed by atoms with Gasteiger partial charge in [0, 0.05) is 5.56 Å². The highest BCUT2D eigenvalue weighted by Crippen LogP contribution is 2.49. The van der Waals surface area contributed by atoms with Gasteiger partial charge in [-0.1, -0.05) is 53.3 Å². The Bertz CT molecular complexity index is 1380. The molecule has 0 spiro atoms. The molecule has 3 aromatic carbocycles. The first-order valence-corrected chi connectivity index (χ1v) is 11.9. The number of para-hydroxylation sites is 1. The van der Waals surface area contributed by atoms with Crippen LogP contribution in [0.2, 0.25) is 0 Å². The zero-order valence-corrected chi connectivity index (χ0v) is 20.3. The number of methoxy groups -OCH3 is 2. The summed E-state index contributed by atoms with van der Waals surface area (Å²) in [6.07, 6.45) is -1.22. The van der Waals surface area contributed by atoms with Crippen LogP contribution in [0.4, 0.5) is 5.13 Å². The van der Waals surface area contributed by atoms with Crippen molar-refractivity contribution < 1.29 is 24.2 Å². The number of fused-ring (bicyclic) bond motifs is 1. The number of thiazole rings is 1. The van der Waals surface area contributed by atoms with E-state index in [9.17, 15) is 14.7 Å². The van der Waals surface area contributed by atoms with Gasteiger partial charge in [-0.3, -0.25) is 14.5 Å². The van der Waals surface area contributed by atoms with Crippen LogP contribution in [-0.2, 0) is 9.59 Å². The monoisotopic (exact) mass is 488 g/mol. The second-order valence-corrected chi connectivity index (χ2v) is 9.45. The van der Waals surface area contributed by atoms with Crippen LogP contribution in [0.25, 0.3) is 10.2 Å². The Morgan fingerprint density at radius 3 is 2.43 bits per heavy atom. The number of aryl methyl sites for hydroxylation is 1. The molecule has 0 radical (unpaired) electrons. The Hall–Kier alpha value is -3.75. The van der Waals surface area contributed by atoms with Gasteiger partial charge in [0.25, 0.3) is 5.91 Å². The van der Waals surface area contributed by atoms with Crippen molar-refractivity contribution in [3.8, 4) is 11.5 Å². The van der Waals surface area contributed by atoms with Crippen molar-refractivity contribution in [3.63, 3.8) is 0 Å². The molecule has 1 aliphatic heterocycles. The van der Waals surface area contributed by atoms with E-state index in [4.69, 9.17) is 9.47 Å². The number of Topliss-reactive ketones (excluding diaryl/α,β-unsaturated/α-hetero) is 1. The molecule has 1 amide bonds. The van der Waals surface area contributed by atoms with Crippen LogP contribution in [0.1, 0.15) is 28.8 Å². The van der Waals surface area contributed by atoms with Crippen LogP contribution >= 0.6 is 11.3 Å². The number of hydrogen-bond acceptors (Lipinski definition) is 7. The van der Waals surface area contributed by atoms with Crippen LogP contribution in [0.3, 0.4) is 0 Å². The number of nitrogens with zero attached hydrogens (tertiary/aromatic N) is 2. The molecule has 178 valence electrons. The lowest BCUT2D eigenvalue weighted by Gasteiger charge is -2.29. The second kappa shape index (κ2) is 9.13. The van der Waals surface area contributed by atoms with E-state index < -0.39 is 29.8 Å². The van der Waals surface area contributed by atoms with E-state index in [1.165, 1.54) is 23.3 Å². The largest absolute Gasteiger partial charge is 0.497 e. The van der Waals surface area contributed by atoms with Crippen molar-refractivity contribution in [1.82, 2.24) is 4.98 Å². The molecule has 1 N–H and O–H groups in total. The highest BCUT2D eigenvalue weighted by Gasteiger charge is 2.54. The maximum Gasteiger partial charge on any atom is 0.297 e. The average Bonchev–Trinajstić information content (AvgIpc) is 3.42. The second-order valence-electron chi connectivity index (χ2n) is 8.44. The third-order valence-corrected chi connectivity index (χ3v) is 7.39. The molecule has 1 aromatic heterocycles. The van der Waals surface area contributed by atoms with E-state index in [1.54, 1.807) is 37.4 Å². The minimum atomic E-state index is -1.22. The van der Waals surface area contributed by atoms with Gasteiger partial charge in [-0.05, 0) is 42.8 Å². The molecule has 5 rings (SSSR count). The first kappa shape index (κ1) is 23.0. The number of aliphatic hydroxyl groups is 1. The fraction of sp³-hybridized carbons (Fsp3) is 0.222. The molecule has 0 bridgehead atoms. The highest BCUT2D eigenvalue weighted by molar-refractivity contribution is 7.22. The fourth-order valence-electron chi connectivity index (χ4n) is 4.55. The van der Waals surface area contributed by atoms with Crippen molar-refractivity contribution in [2.45, 2.75) is 19.1 Å². The molecule has 7 nitrogen and oxygen atoms in total. The Morgan fingerprint density at radius 2 is 1.74 bits per heavy atom. The quantitative estimate of drug-likeness (QED) is 0.398. The summed E-state index contributed by atoms with van der Waals surface area (Å²) in [6, 6.07) is 19.2. The van der Waals surface area contributed by atoms with E-state index >= 15 is 0 Å². The lowest BCUT2D eigenvalue weighted by atomic mass is 9.84. The number of rotatable bonds is 6. The lowest BCUT2D eigenvalue weighted by molar-refractivity contribution is -0.137. The minimum Gasteiger partial charge on any atom is -0.497 e. The molecule has 0 aliphatic carbocycles. The van der Waals surface area contributed by atoms with Crippen molar-refractivity contribution in [3.05, 3.63) is 83.4 Å². The van der Waals surface area contributed by atoms with Gasteiger partial charge in [-0.15, -0.1) is 0 Å². The Labute approximate surface area is 206 Å². The average molecular weight is 489 g/mol. The van der Waals surface area contributed by atoms with E-state index in [0.717, 1.165) is 15.8 Å². The van der Waals surface area contributed by atoms with Crippen molar-refractivity contribution in [1.29, 1.82) is 0 Å². The van der Waals surface area contributed by atoms with Crippen molar-refractivity contribution in [2.24, 2.45) is 5.92 Å². The summed E-state index contributed by atoms with van der Waals surface area (Å²) in [5.41, 5.74) is 2.87. The molecule has 2 heterocycles. The molecule has 35 heavy (non-hydrogen) atoms. The molecule has 3 unspecified atom stereocenters. The summed E-state index contributed by atoms with van der Waals surface area (Å²) < 4.78 is 11.9. The SMILES string of the molecule is COc1ccc(OC)c(C2C(C(O)c3ccc(C)cc3)C(=O)C(=O)N2c2nc3ccccc3s2)c1. The van der Waals surface area contributed by atoms with Crippen LogP contribution < -0.4 is 14.4 Å². The predicted octanol–water partition coefficient (Wildman–Crippen LogP) is 4.63. The van der Waals surface area contributed by atoms with E-state index in [-0.39, 0.29) is 0 Å². The van der Waals surface area contributed by atoms with Gasteiger partial charge in [0.2, 0.25) is 5.78 Å². The lowest BCUT2D eigenvalue weighted by Crippen LogP contribution is -2.30. The normalized spacial score (nSPS) is 18.8. The number of amides is 1. The summed E-state index contributed by atoms with van der Waals surface area (Å²) >= 11 is 1.32. The summed E-state index contributed by atoms with van der Waals surface area (Å²) in [6.45, 7) is 1.94. The van der Waals surface area contributed by atoms with Gasteiger partial charge >= 0.3 is 0 Å². The smallest absolute Gasteiger partial charge is 0.297 e. The maximum atomic E-state index is 13.5. The molecular formula is C27H24N2O5S. The minimum absolute atomic E-state index is 0.387. The summed E-state index contributed by atoms with van der Waals surface area (Å²) in [5.74, 6) is -1.44. The van der Waals surface area contributed by atoms with Gasteiger partial charge in [0.1, 0.15) is 11.5 Å². The summed E-state index contributed by atoms with van der Waals surface area (Å²) in [4.78, 5) is 33.0. The standard InChI is InChI=1S/C27H24N2O5S/c1-15-8-10-16(11-9-15)24(30)22-23(18-14-17(33-2)12-13-20(18)34-3)29(26(32)25(22)31)27-28-19-6-4-5-7-21(19)35-27/h4-14,22-24,30H,1-3H3. The Morgan fingerprint density at radius 1 is 1.00 bits per heavy atom. The summed E-state index contributed by atoms with van der Waals surface area (Å²) in [7, 11) is 3.07. The number of ketones is 1. The van der Waals surface area contributed by atoms with E-state index in [2.05, 4.69) is 4.98 Å². The van der Waals surface area contributed by atoms with Crippen LogP contribution in [0.15, 0.2) is 66.7 Å². The number of anilines is 1. The van der Waals surface area contributed by atoms with Crippen LogP contribution in [0.5, 0.6) is 11.5 Å². The molecule has 1 aliphatic rings. The summed E-state index contributed by atoms with van der Waals surface area (Å²) in [5, 5.41) is 11.8. The van der Waals surface area contributed by atoms with Crippen molar-refractivity contribution >= 4 is 38.4 Å². The molecule has 3 atom stereocenters. The number of aromatic nitrogens is 1. The first-order chi connectivity index (χ1) is 16.9. The molecule has 0 saturated carbocycles. The van der Waals surface area contributed by atoms with Gasteiger partial charge in [0.15, 0.2) is 5.13 Å². The molecule has 1 saturated heterocycles. The number of carbonyl (C=O) groups excluding carboxylic acids is 2. The molecule has 1 fully saturated rings. The molecular weight excluding hydrogens is 464 g/mol. The van der Waals surface area contributed by atoms with Gasteiger partial charge in [0.05, 0.1) is 42.5 Å². The third-order valence-electron chi connectivity index (χ3n) is 6.35. The number of ether oxygens (including phenoxy) is 2. The van der Waals surface area contributed by atoms with Gasteiger partial charge in [-0.25, -0.2) is 4.98 Å². The zero-order chi connectivity index (χ0) is 24.7.